The molecule has 7 heteroatoms. The molecule has 1 aromatic carbocycles. The van der Waals surface area contributed by atoms with E-state index >= 15 is 0 Å². The molecule has 0 radical (unpaired) electrons. The summed E-state index contributed by atoms with van der Waals surface area (Å²) in [5, 5.41) is 11.6. The van der Waals surface area contributed by atoms with Gasteiger partial charge in [0, 0.05) is 5.56 Å². The van der Waals surface area contributed by atoms with Crippen LogP contribution in [0, 0.1) is 0 Å². The van der Waals surface area contributed by atoms with Gasteiger partial charge in [-0.25, -0.2) is 4.79 Å². The molecule has 0 aliphatic heterocycles. The van der Waals surface area contributed by atoms with Crippen molar-refractivity contribution in [1.82, 2.24) is 5.32 Å². The standard InChI is InChI=1S/C14H17F2NO4/c1-3-7-14(2,12(19)20)17-11(18)9-5-4-6-10(8-9)21-13(15)16/h4-6,8,13H,3,7H2,1-2H3,(H,17,18)(H,19,20). The van der Waals surface area contributed by atoms with E-state index in [4.69, 9.17) is 0 Å². The van der Waals surface area contributed by atoms with Crippen LogP contribution in [0.4, 0.5) is 8.78 Å². The lowest BCUT2D eigenvalue weighted by atomic mass is 9.95. The molecule has 116 valence electrons. The largest absolute Gasteiger partial charge is 0.480 e. The number of alkyl halides is 2. The number of hydrogen-bond donors (Lipinski definition) is 2. The first-order chi connectivity index (χ1) is 9.78. The molecule has 1 atom stereocenters. The number of carboxylic acid groups (broad SMARTS) is 1. The first-order valence-electron chi connectivity index (χ1n) is 6.39. The van der Waals surface area contributed by atoms with Crippen LogP contribution in [-0.2, 0) is 4.79 Å². The highest BCUT2D eigenvalue weighted by Gasteiger charge is 2.34. The zero-order valence-electron chi connectivity index (χ0n) is 11.7. The fourth-order valence-electron chi connectivity index (χ4n) is 1.86. The van der Waals surface area contributed by atoms with Crippen LogP contribution in [0.2, 0.25) is 0 Å². The van der Waals surface area contributed by atoms with E-state index in [9.17, 15) is 23.5 Å². The van der Waals surface area contributed by atoms with Crippen LogP contribution < -0.4 is 10.1 Å². The van der Waals surface area contributed by atoms with E-state index in [0.29, 0.717) is 6.42 Å². The van der Waals surface area contributed by atoms with Gasteiger partial charge >= 0.3 is 12.6 Å². The Morgan fingerprint density at radius 1 is 1.43 bits per heavy atom. The lowest BCUT2D eigenvalue weighted by Crippen LogP contribution is -2.52. The van der Waals surface area contributed by atoms with Gasteiger partial charge in [-0.1, -0.05) is 19.4 Å². The van der Waals surface area contributed by atoms with Gasteiger partial charge in [-0.2, -0.15) is 8.78 Å². The minimum absolute atomic E-state index is 0.0525. The monoisotopic (exact) mass is 301 g/mol. The Labute approximate surface area is 120 Å². The average molecular weight is 301 g/mol. The molecule has 0 bridgehead atoms. The first kappa shape index (κ1) is 16.9. The van der Waals surface area contributed by atoms with Crippen LogP contribution in [0.5, 0.6) is 5.75 Å². The maximum atomic E-state index is 12.1. The minimum Gasteiger partial charge on any atom is -0.480 e. The number of benzene rings is 1. The summed E-state index contributed by atoms with van der Waals surface area (Å²) in [5.74, 6) is -1.98. The van der Waals surface area contributed by atoms with Crippen molar-refractivity contribution in [2.75, 3.05) is 0 Å². The van der Waals surface area contributed by atoms with E-state index in [1.165, 1.54) is 25.1 Å². The average Bonchev–Trinajstić information content (AvgIpc) is 2.38. The summed E-state index contributed by atoms with van der Waals surface area (Å²) in [6.07, 6.45) is 0.818. The smallest absolute Gasteiger partial charge is 0.387 e. The summed E-state index contributed by atoms with van der Waals surface area (Å²) in [7, 11) is 0. The molecule has 21 heavy (non-hydrogen) atoms. The van der Waals surface area contributed by atoms with E-state index in [0.717, 1.165) is 6.07 Å². The highest BCUT2D eigenvalue weighted by Crippen LogP contribution is 2.18. The van der Waals surface area contributed by atoms with Crippen LogP contribution >= 0.6 is 0 Å². The molecule has 0 saturated heterocycles. The van der Waals surface area contributed by atoms with Gasteiger partial charge in [-0.05, 0) is 31.5 Å². The molecule has 1 aromatic rings. The summed E-state index contributed by atoms with van der Waals surface area (Å²) in [6, 6.07) is 5.19. The molecule has 1 amide bonds. The lowest BCUT2D eigenvalue weighted by Gasteiger charge is -2.25. The van der Waals surface area contributed by atoms with Crippen molar-refractivity contribution in [3.8, 4) is 5.75 Å². The van der Waals surface area contributed by atoms with E-state index < -0.39 is 24.0 Å². The molecular weight excluding hydrogens is 284 g/mol. The molecule has 0 fully saturated rings. The highest BCUT2D eigenvalue weighted by molar-refractivity contribution is 5.98. The number of halogens is 2. The van der Waals surface area contributed by atoms with Crippen molar-refractivity contribution < 1.29 is 28.2 Å². The maximum absolute atomic E-state index is 12.1. The Morgan fingerprint density at radius 2 is 2.10 bits per heavy atom. The number of carbonyl (C=O) groups excluding carboxylic acids is 1. The predicted molar refractivity (Wildman–Crippen MR) is 71.5 cm³/mol. The molecule has 0 aliphatic rings. The molecule has 1 unspecified atom stereocenters. The number of ether oxygens (including phenoxy) is 1. The Bertz CT molecular complexity index is 521. The molecule has 0 heterocycles. The molecule has 0 aliphatic carbocycles. The lowest BCUT2D eigenvalue weighted by molar-refractivity contribution is -0.144. The molecular formula is C14H17F2NO4. The molecule has 1 rings (SSSR count). The van der Waals surface area contributed by atoms with E-state index in [1.807, 2.05) is 0 Å². The van der Waals surface area contributed by atoms with Gasteiger partial charge in [-0.15, -0.1) is 0 Å². The van der Waals surface area contributed by atoms with Crippen molar-refractivity contribution in [2.24, 2.45) is 0 Å². The van der Waals surface area contributed by atoms with E-state index in [-0.39, 0.29) is 17.7 Å². The third-order valence-electron chi connectivity index (χ3n) is 2.93. The zero-order chi connectivity index (χ0) is 16.0. The molecule has 5 nitrogen and oxygen atoms in total. The number of carboxylic acids is 1. The normalized spacial score (nSPS) is 13.6. The summed E-state index contributed by atoms with van der Waals surface area (Å²) in [4.78, 5) is 23.3. The molecule has 0 aromatic heterocycles. The van der Waals surface area contributed by atoms with Crippen molar-refractivity contribution >= 4 is 11.9 Å². The SMILES string of the molecule is CCCC(C)(NC(=O)c1cccc(OC(F)F)c1)C(=O)O. The van der Waals surface area contributed by atoms with Crippen molar-refractivity contribution in [1.29, 1.82) is 0 Å². The number of aliphatic carboxylic acids is 1. The van der Waals surface area contributed by atoms with E-state index in [2.05, 4.69) is 10.1 Å². The van der Waals surface area contributed by atoms with Crippen molar-refractivity contribution in [2.45, 2.75) is 38.8 Å². The van der Waals surface area contributed by atoms with Gasteiger partial charge in [0.25, 0.3) is 5.91 Å². The quantitative estimate of drug-likeness (QED) is 0.812. The topological polar surface area (TPSA) is 75.6 Å². The van der Waals surface area contributed by atoms with Crippen LogP contribution in [-0.4, -0.2) is 29.1 Å². The van der Waals surface area contributed by atoms with Crippen LogP contribution in [0.15, 0.2) is 24.3 Å². The Morgan fingerprint density at radius 3 is 2.62 bits per heavy atom. The third-order valence-corrected chi connectivity index (χ3v) is 2.93. The second kappa shape index (κ2) is 7.01. The van der Waals surface area contributed by atoms with Gasteiger partial charge in [0.05, 0.1) is 0 Å². The second-order valence-corrected chi connectivity index (χ2v) is 4.75. The molecule has 0 saturated carbocycles. The second-order valence-electron chi connectivity index (χ2n) is 4.75. The number of nitrogens with one attached hydrogen (secondary N) is 1. The fourth-order valence-corrected chi connectivity index (χ4v) is 1.86. The number of rotatable bonds is 7. The van der Waals surface area contributed by atoms with Crippen molar-refractivity contribution in [3.05, 3.63) is 29.8 Å². The number of hydrogen-bond acceptors (Lipinski definition) is 3. The Balaban J connectivity index is 2.90. The van der Waals surface area contributed by atoms with Crippen LogP contribution in [0.1, 0.15) is 37.0 Å². The summed E-state index contributed by atoms with van der Waals surface area (Å²) < 4.78 is 28.5. The number of carbonyl (C=O) groups is 2. The Kier molecular flexibility index (Phi) is 5.63. The van der Waals surface area contributed by atoms with Crippen LogP contribution in [0.25, 0.3) is 0 Å². The number of amides is 1. The summed E-state index contributed by atoms with van der Waals surface area (Å²) >= 11 is 0. The highest BCUT2D eigenvalue weighted by atomic mass is 19.3. The van der Waals surface area contributed by atoms with Gasteiger partial charge in [-0.3, -0.25) is 4.79 Å². The van der Waals surface area contributed by atoms with Gasteiger partial charge < -0.3 is 15.2 Å². The van der Waals surface area contributed by atoms with E-state index in [1.54, 1.807) is 6.92 Å². The van der Waals surface area contributed by atoms with Crippen LogP contribution in [0.3, 0.4) is 0 Å². The molecule has 0 spiro atoms. The van der Waals surface area contributed by atoms with Gasteiger partial charge in [0.1, 0.15) is 11.3 Å². The van der Waals surface area contributed by atoms with Crippen molar-refractivity contribution in [3.63, 3.8) is 0 Å². The Hall–Kier alpha value is -2.18. The summed E-state index contributed by atoms with van der Waals surface area (Å²) in [5.41, 5.74) is -1.36. The molecule has 2 N–H and O–H groups in total. The minimum atomic E-state index is -2.99. The predicted octanol–water partition coefficient (Wildman–Crippen LogP) is 2.66. The first-order valence-corrected chi connectivity index (χ1v) is 6.39. The third kappa shape index (κ3) is 4.70. The zero-order valence-corrected chi connectivity index (χ0v) is 11.7. The summed E-state index contributed by atoms with van der Waals surface area (Å²) in [6.45, 7) is 0.202. The van der Waals surface area contributed by atoms with Gasteiger partial charge in [0.2, 0.25) is 0 Å². The fraction of sp³-hybridized carbons (Fsp3) is 0.429. The maximum Gasteiger partial charge on any atom is 0.387 e. The van der Waals surface area contributed by atoms with Gasteiger partial charge in [0.15, 0.2) is 0 Å².